The Morgan fingerprint density at radius 1 is 1.12 bits per heavy atom. The molecule has 2 N–H and O–H groups in total. The van der Waals surface area contributed by atoms with Crippen molar-refractivity contribution in [1.82, 2.24) is 0 Å². The van der Waals surface area contributed by atoms with Crippen LogP contribution in [0.3, 0.4) is 0 Å². The van der Waals surface area contributed by atoms with E-state index in [1.807, 2.05) is 36.4 Å². The van der Waals surface area contributed by atoms with Crippen molar-refractivity contribution < 1.29 is 0 Å². The number of benzene rings is 2. The van der Waals surface area contributed by atoms with E-state index >= 15 is 0 Å². The molecule has 0 aliphatic rings. The summed E-state index contributed by atoms with van der Waals surface area (Å²) in [6.07, 6.45) is 0. The maximum atomic E-state index is 6.26. The average Bonchev–Trinajstić information content (AvgIpc) is 2.32. The van der Waals surface area contributed by atoms with Crippen LogP contribution >= 0.6 is 50.1 Å². The van der Waals surface area contributed by atoms with Crippen LogP contribution in [-0.4, -0.2) is 0 Å². The smallest absolute Gasteiger partial charge is 0.0563 e. The molecule has 4 heteroatoms. The van der Waals surface area contributed by atoms with Gasteiger partial charge in [0.2, 0.25) is 0 Å². The minimum absolute atomic E-state index is 0.142. The van der Waals surface area contributed by atoms with Crippen LogP contribution in [0, 0.1) is 3.57 Å². The van der Waals surface area contributed by atoms with Crippen LogP contribution in [0.15, 0.2) is 46.9 Å². The van der Waals surface area contributed by atoms with Gasteiger partial charge in [-0.05, 0) is 64.0 Å². The first-order chi connectivity index (χ1) is 8.08. The zero-order chi connectivity index (χ0) is 12.4. The maximum absolute atomic E-state index is 6.26. The summed E-state index contributed by atoms with van der Waals surface area (Å²) in [5.41, 5.74) is 8.40. The zero-order valence-corrected chi connectivity index (χ0v) is 13.3. The highest BCUT2D eigenvalue weighted by Gasteiger charge is 2.12. The van der Waals surface area contributed by atoms with Crippen molar-refractivity contribution in [3.8, 4) is 0 Å². The average molecular weight is 422 g/mol. The molecule has 88 valence electrons. The highest BCUT2D eigenvalue weighted by atomic mass is 127. The van der Waals surface area contributed by atoms with Crippen LogP contribution in [-0.2, 0) is 0 Å². The molecule has 0 bridgehead atoms. The molecule has 0 aliphatic heterocycles. The molecule has 1 atom stereocenters. The third-order valence-corrected chi connectivity index (χ3v) is 4.17. The van der Waals surface area contributed by atoms with Crippen molar-refractivity contribution in [2.75, 3.05) is 0 Å². The fraction of sp³-hybridized carbons (Fsp3) is 0.0769. The summed E-state index contributed by atoms with van der Waals surface area (Å²) in [5, 5.41) is 0.725. The lowest BCUT2D eigenvalue weighted by atomic mass is 10.00. The van der Waals surface area contributed by atoms with Gasteiger partial charge in [0, 0.05) is 13.1 Å². The van der Waals surface area contributed by atoms with Crippen molar-refractivity contribution >= 4 is 50.1 Å². The summed E-state index contributed by atoms with van der Waals surface area (Å²) in [4.78, 5) is 0. The highest BCUT2D eigenvalue weighted by molar-refractivity contribution is 14.1. The third kappa shape index (κ3) is 3.22. The Labute approximate surface area is 128 Å². The van der Waals surface area contributed by atoms with Crippen molar-refractivity contribution in [3.05, 3.63) is 66.7 Å². The van der Waals surface area contributed by atoms with Gasteiger partial charge in [-0.15, -0.1) is 0 Å². The number of nitrogens with two attached hydrogens (primary N) is 1. The molecule has 0 heterocycles. The number of halogens is 3. The van der Waals surface area contributed by atoms with Gasteiger partial charge in [-0.1, -0.05) is 39.7 Å². The van der Waals surface area contributed by atoms with E-state index in [9.17, 15) is 0 Å². The monoisotopic (exact) mass is 421 g/mol. The van der Waals surface area contributed by atoms with Crippen LogP contribution in [0.2, 0.25) is 5.02 Å². The van der Waals surface area contributed by atoms with Gasteiger partial charge in [-0.3, -0.25) is 0 Å². The summed E-state index contributed by atoms with van der Waals surface area (Å²) in [6, 6.07) is 13.6. The summed E-state index contributed by atoms with van der Waals surface area (Å²) in [7, 11) is 0. The minimum Gasteiger partial charge on any atom is -0.320 e. The van der Waals surface area contributed by atoms with E-state index in [1.54, 1.807) is 0 Å². The molecule has 2 rings (SSSR count). The predicted molar refractivity (Wildman–Crippen MR) is 84.3 cm³/mol. The summed E-state index contributed by atoms with van der Waals surface area (Å²) in [5.74, 6) is 0. The lowest BCUT2D eigenvalue weighted by Gasteiger charge is -2.15. The fourth-order valence-corrected chi connectivity index (χ4v) is 2.74. The van der Waals surface area contributed by atoms with E-state index in [1.165, 1.54) is 3.57 Å². The van der Waals surface area contributed by atoms with Crippen LogP contribution in [0.4, 0.5) is 0 Å². The molecule has 0 radical (unpaired) electrons. The molecule has 0 saturated carbocycles. The zero-order valence-electron chi connectivity index (χ0n) is 8.83. The summed E-state index contributed by atoms with van der Waals surface area (Å²) < 4.78 is 2.20. The van der Waals surface area contributed by atoms with Gasteiger partial charge in [0.05, 0.1) is 6.04 Å². The lowest BCUT2D eigenvalue weighted by Crippen LogP contribution is -2.12. The maximum Gasteiger partial charge on any atom is 0.0563 e. The second kappa shape index (κ2) is 5.69. The second-order valence-electron chi connectivity index (χ2n) is 3.70. The van der Waals surface area contributed by atoms with Crippen molar-refractivity contribution in [2.45, 2.75) is 6.04 Å². The van der Waals surface area contributed by atoms with E-state index in [4.69, 9.17) is 17.3 Å². The van der Waals surface area contributed by atoms with E-state index < -0.39 is 0 Å². The van der Waals surface area contributed by atoms with E-state index in [0.717, 1.165) is 20.6 Å². The molecule has 2 aromatic rings. The van der Waals surface area contributed by atoms with Crippen molar-refractivity contribution in [2.24, 2.45) is 5.73 Å². The fourth-order valence-electron chi connectivity index (χ4n) is 1.60. The molecule has 0 saturated heterocycles. The Morgan fingerprint density at radius 3 is 2.41 bits per heavy atom. The Kier molecular flexibility index (Phi) is 4.47. The molecule has 0 spiro atoms. The summed E-state index contributed by atoms with van der Waals surface area (Å²) >= 11 is 11.7. The molecule has 1 nitrogen and oxygen atoms in total. The Morgan fingerprint density at radius 2 is 1.76 bits per heavy atom. The van der Waals surface area contributed by atoms with Crippen LogP contribution in [0.5, 0.6) is 0 Å². The molecule has 0 amide bonds. The lowest BCUT2D eigenvalue weighted by molar-refractivity contribution is 0.865. The quantitative estimate of drug-likeness (QED) is 0.695. The van der Waals surface area contributed by atoms with Gasteiger partial charge >= 0.3 is 0 Å². The molecule has 2 aromatic carbocycles. The largest absolute Gasteiger partial charge is 0.320 e. The first-order valence-electron chi connectivity index (χ1n) is 5.04. The standard InChI is InChI=1S/C13H10BrClIN/c14-12-6-5-10(16)7-11(12)13(17)8-1-3-9(15)4-2-8/h1-7,13H,17H2. The van der Waals surface area contributed by atoms with E-state index in [-0.39, 0.29) is 6.04 Å². The molecular weight excluding hydrogens is 412 g/mol. The van der Waals surface area contributed by atoms with Gasteiger partial charge in [-0.25, -0.2) is 0 Å². The summed E-state index contributed by atoms with van der Waals surface area (Å²) in [6.45, 7) is 0. The molecule has 0 aliphatic carbocycles. The first kappa shape index (κ1) is 13.3. The number of hydrogen-bond donors (Lipinski definition) is 1. The van der Waals surface area contributed by atoms with Gasteiger partial charge in [0.25, 0.3) is 0 Å². The predicted octanol–water partition coefficient (Wildman–Crippen LogP) is 4.76. The molecule has 1 unspecified atom stereocenters. The topological polar surface area (TPSA) is 26.0 Å². The Bertz CT molecular complexity index is 527. The van der Waals surface area contributed by atoms with Crippen molar-refractivity contribution in [3.63, 3.8) is 0 Å². The minimum atomic E-state index is -0.142. The van der Waals surface area contributed by atoms with Crippen LogP contribution < -0.4 is 5.73 Å². The highest BCUT2D eigenvalue weighted by Crippen LogP contribution is 2.28. The second-order valence-corrected chi connectivity index (χ2v) is 6.23. The van der Waals surface area contributed by atoms with Crippen LogP contribution in [0.25, 0.3) is 0 Å². The van der Waals surface area contributed by atoms with E-state index in [0.29, 0.717) is 0 Å². The van der Waals surface area contributed by atoms with Gasteiger partial charge in [0.15, 0.2) is 0 Å². The van der Waals surface area contributed by atoms with Crippen LogP contribution in [0.1, 0.15) is 17.2 Å². The van der Waals surface area contributed by atoms with Gasteiger partial charge in [-0.2, -0.15) is 0 Å². The third-order valence-electron chi connectivity index (χ3n) is 2.52. The molecule has 0 fully saturated rings. The van der Waals surface area contributed by atoms with Gasteiger partial charge in [0.1, 0.15) is 0 Å². The first-order valence-corrected chi connectivity index (χ1v) is 7.29. The SMILES string of the molecule is NC(c1ccc(Cl)cc1)c1cc(I)ccc1Br. The molecular formula is C13H10BrClIN. The van der Waals surface area contributed by atoms with E-state index in [2.05, 4.69) is 44.6 Å². The Balaban J connectivity index is 2.39. The van der Waals surface area contributed by atoms with Gasteiger partial charge < -0.3 is 5.73 Å². The Hall–Kier alpha value is -0.100. The molecule has 0 aromatic heterocycles. The number of rotatable bonds is 2. The molecule has 17 heavy (non-hydrogen) atoms. The van der Waals surface area contributed by atoms with Crippen molar-refractivity contribution in [1.29, 1.82) is 0 Å². The normalized spacial score (nSPS) is 12.5. The number of hydrogen-bond acceptors (Lipinski definition) is 1.